The average Bonchev–Trinajstić information content (AvgIpc) is 3.35. The highest BCUT2D eigenvalue weighted by molar-refractivity contribution is 5.89. The Morgan fingerprint density at radius 2 is 1.26 bits per heavy atom. The van der Waals surface area contributed by atoms with Gasteiger partial charge in [0.2, 0.25) is 5.91 Å². The maximum Gasteiger partial charge on any atom is 0.407 e. The number of carbonyl (C=O) groups excluding carboxylic acids is 3. The van der Waals surface area contributed by atoms with Crippen LogP contribution in [-0.2, 0) is 20.7 Å². The van der Waals surface area contributed by atoms with Gasteiger partial charge in [0.25, 0.3) is 0 Å². The number of nitrogens with one attached hydrogen (secondary N) is 2. The second-order valence-electron chi connectivity index (χ2n) is 11.1. The monoisotopic (exact) mass is 576 g/mol. The first-order valence-corrected chi connectivity index (χ1v) is 14.6. The maximum absolute atomic E-state index is 13.5. The van der Waals surface area contributed by atoms with Crippen molar-refractivity contribution in [2.75, 3.05) is 13.2 Å². The van der Waals surface area contributed by atoms with Crippen molar-refractivity contribution in [3.8, 4) is 11.1 Å². The van der Waals surface area contributed by atoms with Gasteiger partial charge in [-0.2, -0.15) is 0 Å². The summed E-state index contributed by atoms with van der Waals surface area (Å²) in [6, 6.07) is 33.3. The summed E-state index contributed by atoms with van der Waals surface area (Å²) in [5, 5.41) is 5.76. The molecule has 4 aromatic rings. The molecule has 220 valence electrons. The number of carbonyl (C=O) groups is 3. The number of amides is 2. The van der Waals surface area contributed by atoms with E-state index < -0.39 is 24.1 Å². The van der Waals surface area contributed by atoms with Crippen LogP contribution in [-0.4, -0.2) is 43.3 Å². The molecule has 0 saturated carbocycles. The van der Waals surface area contributed by atoms with E-state index in [-0.39, 0.29) is 31.0 Å². The van der Waals surface area contributed by atoms with Crippen molar-refractivity contribution >= 4 is 18.0 Å². The fourth-order valence-corrected chi connectivity index (χ4v) is 5.48. The molecule has 7 nitrogen and oxygen atoms in total. The molecular formula is C36H36N2O5. The molecule has 7 heteroatoms. The Morgan fingerprint density at radius 3 is 1.86 bits per heavy atom. The zero-order valence-electron chi connectivity index (χ0n) is 24.4. The summed E-state index contributed by atoms with van der Waals surface area (Å²) in [5.74, 6) is -1.14. The number of hydrogen-bond donors (Lipinski definition) is 2. The van der Waals surface area contributed by atoms with Gasteiger partial charge in [-0.1, -0.05) is 111 Å². The van der Waals surface area contributed by atoms with Crippen molar-refractivity contribution in [3.63, 3.8) is 0 Å². The second-order valence-corrected chi connectivity index (χ2v) is 11.1. The number of esters is 1. The Morgan fingerprint density at radius 1 is 0.698 bits per heavy atom. The van der Waals surface area contributed by atoms with Gasteiger partial charge in [-0.05, 0) is 52.3 Å². The topological polar surface area (TPSA) is 93.7 Å². The summed E-state index contributed by atoms with van der Waals surface area (Å²) in [6.45, 7) is 3.84. The van der Waals surface area contributed by atoms with E-state index in [1.54, 1.807) is 24.3 Å². The predicted molar refractivity (Wildman–Crippen MR) is 166 cm³/mol. The molecule has 0 radical (unpaired) electrons. The van der Waals surface area contributed by atoms with Crippen LogP contribution < -0.4 is 10.6 Å². The number of rotatable bonds is 11. The number of benzene rings is 4. The van der Waals surface area contributed by atoms with Gasteiger partial charge >= 0.3 is 12.1 Å². The Bertz CT molecular complexity index is 1510. The van der Waals surface area contributed by atoms with Crippen LogP contribution in [0.4, 0.5) is 4.79 Å². The Balaban J connectivity index is 1.22. The van der Waals surface area contributed by atoms with Crippen molar-refractivity contribution in [2.45, 2.75) is 38.3 Å². The minimum Gasteiger partial charge on any atom is -0.460 e. The molecule has 0 aromatic heterocycles. The maximum atomic E-state index is 13.5. The lowest BCUT2D eigenvalue weighted by molar-refractivity contribution is -0.125. The van der Waals surface area contributed by atoms with E-state index in [0.29, 0.717) is 12.0 Å². The minimum absolute atomic E-state index is 0.0237. The van der Waals surface area contributed by atoms with Gasteiger partial charge in [0, 0.05) is 5.92 Å². The van der Waals surface area contributed by atoms with Gasteiger partial charge in [-0.15, -0.1) is 0 Å². The zero-order valence-corrected chi connectivity index (χ0v) is 24.4. The first kappa shape index (κ1) is 29.6. The van der Waals surface area contributed by atoms with E-state index in [9.17, 15) is 14.4 Å². The van der Waals surface area contributed by atoms with Crippen LogP contribution >= 0.6 is 0 Å². The van der Waals surface area contributed by atoms with E-state index >= 15 is 0 Å². The van der Waals surface area contributed by atoms with Crippen molar-refractivity contribution in [2.24, 2.45) is 5.92 Å². The van der Waals surface area contributed by atoms with Crippen molar-refractivity contribution in [1.82, 2.24) is 10.6 Å². The fraction of sp³-hybridized carbons (Fsp3) is 0.250. The van der Waals surface area contributed by atoms with Crippen molar-refractivity contribution in [1.29, 1.82) is 0 Å². The number of fused-ring (bicyclic) bond motifs is 3. The molecule has 4 aromatic carbocycles. The van der Waals surface area contributed by atoms with Crippen LogP contribution in [0.5, 0.6) is 0 Å². The zero-order chi connectivity index (χ0) is 30.2. The second kappa shape index (κ2) is 13.8. The Hall–Kier alpha value is -4.91. The lowest BCUT2D eigenvalue weighted by Crippen LogP contribution is -2.53. The van der Waals surface area contributed by atoms with E-state index in [1.165, 1.54) is 0 Å². The van der Waals surface area contributed by atoms with Gasteiger partial charge in [0.05, 0.1) is 11.6 Å². The first-order chi connectivity index (χ1) is 20.9. The van der Waals surface area contributed by atoms with Gasteiger partial charge in [0.1, 0.15) is 19.3 Å². The Labute approximate surface area is 252 Å². The predicted octanol–water partition coefficient (Wildman–Crippen LogP) is 6.13. The highest BCUT2D eigenvalue weighted by Crippen LogP contribution is 2.44. The molecule has 2 N–H and O–H groups in total. The highest BCUT2D eigenvalue weighted by Gasteiger charge is 2.31. The van der Waals surface area contributed by atoms with Crippen molar-refractivity contribution in [3.05, 3.63) is 131 Å². The third kappa shape index (κ3) is 7.30. The van der Waals surface area contributed by atoms with Crippen LogP contribution in [0.15, 0.2) is 109 Å². The summed E-state index contributed by atoms with van der Waals surface area (Å²) in [6.07, 6.45) is -0.212. The van der Waals surface area contributed by atoms with Crippen LogP contribution in [0.3, 0.4) is 0 Å². The molecule has 0 unspecified atom stereocenters. The number of hydrogen-bond acceptors (Lipinski definition) is 5. The molecule has 0 spiro atoms. The van der Waals surface area contributed by atoms with E-state index in [4.69, 9.17) is 9.47 Å². The first-order valence-electron chi connectivity index (χ1n) is 14.6. The molecule has 1 aliphatic carbocycles. The summed E-state index contributed by atoms with van der Waals surface area (Å²) < 4.78 is 11.3. The summed E-state index contributed by atoms with van der Waals surface area (Å²) in [7, 11) is 0. The fourth-order valence-electron chi connectivity index (χ4n) is 5.48. The van der Waals surface area contributed by atoms with E-state index in [0.717, 1.165) is 27.8 Å². The third-order valence-electron chi connectivity index (χ3n) is 7.66. The van der Waals surface area contributed by atoms with E-state index in [2.05, 4.69) is 34.9 Å². The third-order valence-corrected chi connectivity index (χ3v) is 7.66. The van der Waals surface area contributed by atoms with Gasteiger partial charge in [-0.25, -0.2) is 9.59 Å². The van der Waals surface area contributed by atoms with Gasteiger partial charge in [-0.3, -0.25) is 4.79 Å². The van der Waals surface area contributed by atoms with Gasteiger partial charge in [0.15, 0.2) is 0 Å². The van der Waals surface area contributed by atoms with Crippen LogP contribution in [0.2, 0.25) is 0 Å². The molecule has 2 amide bonds. The number of ether oxygens (including phenoxy) is 2. The highest BCUT2D eigenvalue weighted by atomic mass is 16.5. The normalized spacial score (nSPS) is 13.4. The molecule has 0 saturated heterocycles. The minimum atomic E-state index is -0.848. The van der Waals surface area contributed by atoms with Crippen LogP contribution in [0.1, 0.15) is 46.8 Å². The smallest absolute Gasteiger partial charge is 0.407 e. The molecule has 0 aliphatic heterocycles. The molecule has 0 bridgehead atoms. The van der Waals surface area contributed by atoms with E-state index in [1.807, 2.05) is 74.5 Å². The molecule has 2 atom stereocenters. The van der Waals surface area contributed by atoms with Crippen LogP contribution in [0.25, 0.3) is 11.1 Å². The molecule has 43 heavy (non-hydrogen) atoms. The SMILES string of the molecule is CC(C)[C@H](NC(=O)OCC1c2ccccc2-c2ccccc21)C(=O)N[C@@H](COC(=O)c1ccccc1)Cc1ccccc1. The number of alkyl carbamates (subject to hydrolysis) is 1. The van der Waals surface area contributed by atoms with Crippen molar-refractivity contribution < 1.29 is 23.9 Å². The molecule has 0 fully saturated rings. The summed E-state index contributed by atoms with van der Waals surface area (Å²) in [5.41, 5.74) is 5.93. The quantitative estimate of drug-likeness (QED) is 0.210. The van der Waals surface area contributed by atoms with Crippen LogP contribution in [0, 0.1) is 5.92 Å². The average molecular weight is 577 g/mol. The summed E-state index contributed by atoms with van der Waals surface area (Å²) in [4.78, 5) is 39.1. The van der Waals surface area contributed by atoms with Gasteiger partial charge < -0.3 is 20.1 Å². The standard InChI is InChI=1S/C36H36N2O5/c1-24(2)33(38-36(41)43-23-32-30-19-11-9-17-28(30)29-18-10-12-20-31(29)32)34(39)37-27(21-25-13-5-3-6-14-25)22-42-35(40)26-15-7-4-8-16-26/h3-20,24,27,32-33H,21-23H2,1-2H3,(H,37,39)(H,38,41)/t27-,33+/m1/s1. The lowest BCUT2D eigenvalue weighted by atomic mass is 9.98. The Kier molecular flexibility index (Phi) is 9.52. The lowest BCUT2D eigenvalue weighted by Gasteiger charge is -2.26. The summed E-state index contributed by atoms with van der Waals surface area (Å²) >= 11 is 0. The molecule has 0 heterocycles. The largest absolute Gasteiger partial charge is 0.460 e. The molecule has 1 aliphatic rings. The molecule has 5 rings (SSSR count). The molecular weight excluding hydrogens is 540 g/mol.